The molecule has 1 fully saturated rings. The maximum Gasteiger partial charge on any atom is 0.327 e. The molecule has 0 aliphatic carbocycles. The minimum absolute atomic E-state index is 0.165. The number of carbonyl (C=O) groups excluding carboxylic acids is 1. The fourth-order valence-electron chi connectivity index (χ4n) is 2.20. The zero-order valence-corrected chi connectivity index (χ0v) is 13.5. The first-order chi connectivity index (χ1) is 9.61. The highest BCUT2D eigenvalue weighted by Gasteiger charge is 2.24. The van der Waals surface area contributed by atoms with Gasteiger partial charge in [-0.3, -0.25) is 5.32 Å². The zero-order chi connectivity index (χ0) is 14.5. The summed E-state index contributed by atoms with van der Waals surface area (Å²) in [6, 6.07) is 4.88. The third kappa shape index (κ3) is 3.95. The minimum atomic E-state index is -0.516. The van der Waals surface area contributed by atoms with Gasteiger partial charge < -0.3 is 9.47 Å². The summed E-state index contributed by atoms with van der Waals surface area (Å²) >= 11 is 9.34. The summed E-state index contributed by atoms with van der Waals surface area (Å²) in [5.74, 6) is -0.322. The average molecular weight is 363 g/mol. The van der Waals surface area contributed by atoms with Gasteiger partial charge in [-0.05, 0) is 46.5 Å². The van der Waals surface area contributed by atoms with Crippen LogP contribution in [0.25, 0.3) is 0 Å². The summed E-state index contributed by atoms with van der Waals surface area (Å²) in [6.07, 6.45) is 2.25. The Labute approximate surface area is 131 Å². The van der Waals surface area contributed by atoms with Gasteiger partial charge in [0.2, 0.25) is 0 Å². The van der Waals surface area contributed by atoms with Crippen molar-refractivity contribution in [3.8, 4) is 0 Å². The van der Waals surface area contributed by atoms with Gasteiger partial charge in [0.1, 0.15) is 6.04 Å². The number of methoxy groups -OCH3 is 1. The normalized spacial score (nSPS) is 19.9. The second-order valence-electron chi connectivity index (χ2n) is 4.67. The van der Waals surface area contributed by atoms with Gasteiger partial charge in [-0.25, -0.2) is 4.79 Å². The molecular formula is C14H17BrClNO3. The SMILES string of the molecule is COC(=O)C(NCC1CCCO1)c1ccc(Cl)c(Br)c1. The first-order valence-corrected chi connectivity index (χ1v) is 7.66. The van der Waals surface area contributed by atoms with Crippen molar-refractivity contribution in [3.63, 3.8) is 0 Å². The van der Waals surface area contributed by atoms with E-state index in [1.54, 1.807) is 6.07 Å². The van der Waals surface area contributed by atoms with Gasteiger partial charge in [-0.2, -0.15) is 0 Å². The molecule has 0 amide bonds. The quantitative estimate of drug-likeness (QED) is 0.818. The number of benzene rings is 1. The Morgan fingerprint density at radius 3 is 3.05 bits per heavy atom. The minimum Gasteiger partial charge on any atom is -0.468 e. The highest BCUT2D eigenvalue weighted by atomic mass is 79.9. The molecule has 2 unspecified atom stereocenters. The summed E-state index contributed by atoms with van der Waals surface area (Å²) < 4.78 is 11.2. The van der Waals surface area contributed by atoms with E-state index in [4.69, 9.17) is 21.1 Å². The van der Waals surface area contributed by atoms with Gasteiger partial charge in [-0.1, -0.05) is 17.7 Å². The number of carbonyl (C=O) groups is 1. The van der Waals surface area contributed by atoms with E-state index in [0.29, 0.717) is 11.6 Å². The van der Waals surface area contributed by atoms with Crippen LogP contribution >= 0.6 is 27.5 Å². The van der Waals surface area contributed by atoms with Gasteiger partial charge in [0, 0.05) is 17.6 Å². The van der Waals surface area contributed by atoms with Crippen molar-refractivity contribution in [1.29, 1.82) is 0 Å². The first kappa shape index (κ1) is 15.8. The molecule has 0 saturated carbocycles. The van der Waals surface area contributed by atoms with Crippen LogP contribution in [-0.4, -0.2) is 32.3 Å². The molecule has 4 nitrogen and oxygen atoms in total. The molecule has 1 saturated heterocycles. The number of rotatable bonds is 5. The highest BCUT2D eigenvalue weighted by Crippen LogP contribution is 2.27. The van der Waals surface area contributed by atoms with Crippen molar-refractivity contribution in [2.24, 2.45) is 0 Å². The molecule has 20 heavy (non-hydrogen) atoms. The van der Waals surface area contributed by atoms with Crippen molar-refractivity contribution >= 4 is 33.5 Å². The van der Waals surface area contributed by atoms with E-state index >= 15 is 0 Å². The Balaban J connectivity index is 2.09. The maximum atomic E-state index is 11.9. The lowest BCUT2D eigenvalue weighted by molar-refractivity contribution is -0.143. The summed E-state index contributed by atoms with van der Waals surface area (Å²) in [7, 11) is 1.38. The molecule has 2 atom stereocenters. The number of hydrogen-bond donors (Lipinski definition) is 1. The lowest BCUT2D eigenvalue weighted by Crippen LogP contribution is -2.35. The standard InChI is InChI=1S/C14H17BrClNO3/c1-19-14(18)13(17-8-10-3-2-6-20-10)9-4-5-12(16)11(15)7-9/h4-5,7,10,13,17H,2-3,6,8H2,1H3. The summed E-state index contributed by atoms with van der Waals surface area (Å²) in [5, 5.41) is 3.82. The topological polar surface area (TPSA) is 47.6 Å². The Kier molecular flexibility index (Phi) is 5.84. The van der Waals surface area contributed by atoms with Crippen LogP contribution in [0.5, 0.6) is 0 Å². The van der Waals surface area contributed by atoms with E-state index in [2.05, 4.69) is 21.2 Å². The fourth-order valence-corrected chi connectivity index (χ4v) is 2.72. The number of nitrogens with one attached hydrogen (secondary N) is 1. The number of hydrogen-bond acceptors (Lipinski definition) is 4. The molecule has 1 aromatic carbocycles. The van der Waals surface area contributed by atoms with Crippen LogP contribution in [0.1, 0.15) is 24.4 Å². The monoisotopic (exact) mass is 361 g/mol. The Hall–Kier alpha value is -0.620. The average Bonchev–Trinajstić information content (AvgIpc) is 2.95. The number of halogens is 2. The molecule has 1 heterocycles. The van der Waals surface area contributed by atoms with Crippen LogP contribution in [0, 0.1) is 0 Å². The van der Waals surface area contributed by atoms with E-state index in [1.807, 2.05) is 12.1 Å². The largest absolute Gasteiger partial charge is 0.468 e. The molecule has 1 N–H and O–H groups in total. The van der Waals surface area contributed by atoms with Crippen LogP contribution in [0.4, 0.5) is 0 Å². The molecule has 0 spiro atoms. The molecule has 1 aliphatic heterocycles. The van der Waals surface area contributed by atoms with Gasteiger partial charge in [-0.15, -0.1) is 0 Å². The van der Waals surface area contributed by atoms with E-state index in [0.717, 1.165) is 29.5 Å². The lowest BCUT2D eigenvalue weighted by Gasteiger charge is -2.19. The number of esters is 1. The van der Waals surface area contributed by atoms with E-state index in [9.17, 15) is 4.79 Å². The second kappa shape index (κ2) is 7.41. The molecule has 0 bridgehead atoms. The first-order valence-electron chi connectivity index (χ1n) is 6.49. The van der Waals surface area contributed by atoms with Gasteiger partial charge in [0.15, 0.2) is 0 Å². The third-order valence-electron chi connectivity index (χ3n) is 3.29. The Morgan fingerprint density at radius 2 is 2.45 bits per heavy atom. The molecule has 0 radical (unpaired) electrons. The van der Waals surface area contributed by atoms with E-state index in [-0.39, 0.29) is 12.1 Å². The van der Waals surface area contributed by atoms with Gasteiger partial charge >= 0.3 is 5.97 Å². The predicted octanol–water partition coefficient (Wildman–Crippen LogP) is 3.09. The molecule has 1 aliphatic rings. The van der Waals surface area contributed by atoms with Crippen molar-refractivity contribution in [1.82, 2.24) is 5.32 Å². The zero-order valence-electron chi connectivity index (χ0n) is 11.2. The van der Waals surface area contributed by atoms with Crippen LogP contribution < -0.4 is 5.32 Å². The highest BCUT2D eigenvalue weighted by molar-refractivity contribution is 9.10. The second-order valence-corrected chi connectivity index (χ2v) is 5.93. The van der Waals surface area contributed by atoms with Crippen molar-refractivity contribution in [2.45, 2.75) is 25.0 Å². The molecule has 110 valence electrons. The summed E-state index contributed by atoms with van der Waals surface area (Å²) in [4.78, 5) is 11.9. The van der Waals surface area contributed by atoms with E-state index in [1.165, 1.54) is 7.11 Å². The van der Waals surface area contributed by atoms with Crippen molar-refractivity contribution < 1.29 is 14.3 Å². The van der Waals surface area contributed by atoms with Gasteiger partial charge in [0.05, 0.1) is 18.2 Å². The van der Waals surface area contributed by atoms with Crippen LogP contribution in [0.3, 0.4) is 0 Å². The lowest BCUT2D eigenvalue weighted by atomic mass is 10.1. The summed E-state index contributed by atoms with van der Waals surface area (Å²) in [5.41, 5.74) is 0.811. The predicted molar refractivity (Wildman–Crippen MR) is 80.9 cm³/mol. The van der Waals surface area contributed by atoms with Crippen molar-refractivity contribution in [3.05, 3.63) is 33.3 Å². The third-order valence-corrected chi connectivity index (χ3v) is 4.50. The fraction of sp³-hybridized carbons (Fsp3) is 0.500. The molecule has 0 aromatic heterocycles. The molecule has 2 rings (SSSR count). The Bertz CT molecular complexity index is 477. The van der Waals surface area contributed by atoms with Crippen LogP contribution in [0.15, 0.2) is 22.7 Å². The number of ether oxygens (including phenoxy) is 2. The van der Waals surface area contributed by atoms with Crippen LogP contribution in [-0.2, 0) is 14.3 Å². The Morgan fingerprint density at radius 1 is 1.65 bits per heavy atom. The van der Waals surface area contributed by atoms with E-state index < -0.39 is 6.04 Å². The maximum absolute atomic E-state index is 11.9. The molecule has 1 aromatic rings. The van der Waals surface area contributed by atoms with Gasteiger partial charge in [0.25, 0.3) is 0 Å². The van der Waals surface area contributed by atoms with Crippen molar-refractivity contribution in [2.75, 3.05) is 20.3 Å². The van der Waals surface area contributed by atoms with Crippen LogP contribution in [0.2, 0.25) is 5.02 Å². The molecule has 6 heteroatoms. The molecular weight excluding hydrogens is 346 g/mol. The smallest absolute Gasteiger partial charge is 0.327 e. The summed E-state index contributed by atoms with van der Waals surface area (Å²) in [6.45, 7) is 1.42.